The maximum Gasteiger partial charge on any atom is 0.293 e. The highest BCUT2D eigenvalue weighted by Crippen LogP contribution is 2.11. The molecule has 0 amide bonds. The van der Waals surface area contributed by atoms with Gasteiger partial charge < -0.3 is 14.8 Å². The highest BCUT2D eigenvalue weighted by atomic mass is 16.1. The average molecular weight is 278 g/mol. The van der Waals surface area contributed by atoms with Gasteiger partial charge in [-0.05, 0) is 32.2 Å². The molecule has 1 N–H and O–H groups in total. The topological polar surface area (TPSA) is 50.2 Å². The molecule has 0 bridgehead atoms. The molecule has 0 radical (unpaired) electrons. The van der Waals surface area contributed by atoms with E-state index in [0.717, 1.165) is 39.0 Å². The van der Waals surface area contributed by atoms with Crippen molar-refractivity contribution in [2.24, 2.45) is 0 Å². The van der Waals surface area contributed by atoms with Crippen molar-refractivity contribution < 1.29 is 0 Å². The lowest BCUT2D eigenvalue weighted by Crippen LogP contribution is -2.41. The van der Waals surface area contributed by atoms with Crippen molar-refractivity contribution >= 4 is 5.82 Å². The predicted octanol–water partition coefficient (Wildman–Crippen LogP) is 1.62. The van der Waals surface area contributed by atoms with Gasteiger partial charge in [-0.15, -0.1) is 0 Å². The molecule has 1 atom stereocenters. The van der Waals surface area contributed by atoms with E-state index in [1.54, 1.807) is 17.0 Å². The predicted molar refractivity (Wildman–Crippen MR) is 82.3 cm³/mol. The van der Waals surface area contributed by atoms with Gasteiger partial charge in [0.2, 0.25) is 0 Å². The molecule has 1 aromatic heterocycles. The van der Waals surface area contributed by atoms with Crippen molar-refractivity contribution in [3.05, 3.63) is 22.7 Å². The minimum Gasteiger partial charge on any atom is -0.350 e. The van der Waals surface area contributed by atoms with Crippen molar-refractivity contribution in [1.29, 1.82) is 0 Å². The molecule has 1 fully saturated rings. The van der Waals surface area contributed by atoms with Crippen LogP contribution in [0.3, 0.4) is 0 Å². The molecule has 5 heteroatoms. The van der Waals surface area contributed by atoms with Crippen LogP contribution in [0.5, 0.6) is 0 Å². The van der Waals surface area contributed by atoms with Crippen molar-refractivity contribution in [2.45, 2.75) is 52.1 Å². The Kier molecular flexibility index (Phi) is 5.59. The van der Waals surface area contributed by atoms with Gasteiger partial charge in [0.1, 0.15) is 0 Å². The monoisotopic (exact) mass is 278 g/mol. The van der Waals surface area contributed by atoms with E-state index in [-0.39, 0.29) is 5.56 Å². The Balaban J connectivity index is 2.19. The van der Waals surface area contributed by atoms with Gasteiger partial charge in [0.25, 0.3) is 5.56 Å². The third kappa shape index (κ3) is 3.60. The van der Waals surface area contributed by atoms with Gasteiger partial charge in [-0.1, -0.05) is 13.8 Å². The highest BCUT2D eigenvalue weighted by molar-refractivity contribution is 5.36. The second kappa shape index (κ2) is 7.43. The lowest BCUT2D eigenvalue weighted by molar-refractivity contribution is 0.568. The fourth-order valence-corrected chi connectivity index (χ4v) is 2.80. The van der Waals surface area contributed by atoms with Gasteiger partial charge in [0.15, 0.2) is 5.82 Å². The zero-order valence-corrected chi connectivity index (χ0v) is 12.6. The van der Waals surface area contributed by atoms with Crippen molar-refractivity contribution in [3.8, 4) is 0 Å². The Morgan fingerprint density at radius 1 is 1.45 bits per heavy atom. The molecule has 0 saturated carbocycles. The summed E-state index contributed by atoms with van der Waals surface area (Å²) in [4.78, 5) is 19.0. The summed E-state index contributed by atoms with van der Waals surface area (Å²) in [5.41, 5.74) is 0.0424. The molecule has 2 heterocycles. The first-order chi connectivity index (χ1) is 9.76. The fraction of sp³-hybridized carbons (Fsp3) is 0.733. The molecule has 1 saturated heterocycles. The maximum absolute atomic E-state index is 12.5. The van der Waals surface area contributed by atoms with Crippen LogP contribution in [0, 0.1) is 0 Å². The number of nitrogens with one attached hydrogen (secondary N) is 1. The van der Waals surface area contributed by atoms with Crippen LogP contribution in [-0.4, -0.2) is 35.2 Å². The number of hydrogen-bond donors (Lipinski definition) is 1. The van der Waals surface area contributed by atoms with Crippen molar-refractivity contribution in [2.75, 3.05) is 24.5 Å². The van der Waals surface area contributed by atoms with Crippen molar-refractivity contribution in [3.63, 3.8) is 0 Å². The molecule has 1 aromatic rings. The summed E-state index contributed by atoms with van der Waals surface area (Å²) in [6.07, 6.45) is 7.94. The molecule has 1 unspecified atom stereocenters. The van der Waals surface area contributed by atoms with Crippen LogP contribution in [0.1, 0.15) is 39.5 Å². The molecular formula is C15H26N4O. The molecule has 20 heavy (non-hydrogen) atoms. The quantitative estimate of drug-likeness (QED) is 0.823. The Morgan fingerprint density at radius 2 is 2.30 bits per heavy atom. The van der Waals surface area contributed by atoms with Gasteiger partial charge >= 0.3 is 0 Å². The van der Waals surface area contributed by atoms with E-state index < -0.39 is 0 Å². The number of rotatable bonds is 7. The normalized spacial score (nSPS) is 18.4. The lowest BCUT2D eigenvalue weighted by Gasteiger charge is -2.26. The van der Waals surface area contributed by atoms with Crippen LogP contribution < -0.4 is 15.8 Å². The van der Waals surface area contributed by atoms with E-state index in [1.807, 2.05) is 0 Å². The largest absolute Gasteiger partial charge is 0.350 e. The molecule has 0 aromatic carbocycles. The van der Waals surface area contributed by atoms with Gasteiger partial charge in [0.05, 0.1) is 0 Å². The first-order valence-corrected chi connectivity index (χ1v) is 7.80. The van der Waals surface area contributed by atoms with Crippen LogP contribution in [0.15, 0.2) is 17.2 Å². The Hall–Kier alpha value is -1.36. The SMILES string of the molecule is CCCN(CC1CCCN1)c1nccn(CCC)c1=O. The summed E-state index contributed by atoms with van der Waals surface area (Å²) < 4.78 is 1.77. The maximum atomic E-state index is 12.5. The van der Waals surface area contributed by atoms with E-state index in [2.05, 4.69) is 29.0 Å². The summed E-state index contributed by atoms with van der Waals surface area (Å²) in [5, 5.41) is 3.50. The van der Waals surface area contributed by atoms with Crippen molar-refractivity contribution in [1.82, 2.24) is 14.9 Å². The van der Waals surface area contributed by atoms with Gasteiger partial charge in [-0.3, -0.25) is 4.79 Å². The Morgan fingerprint density at radius 3 is 2.95 bits per heavy atom. The molecule has 2 rings (SSSR count). The Bertz CT molecular complexity index is 465. The van der Waals surface area contributed by atoms with E-state index in [9.17, 15) is 4.79 Å². The van der Waals surface area contributed by atoms with Gasteiger partial charge in [-0.25, -0.2) is 4.98 Å². The average Bonchev–Trinajstić information content (AvgIpc) is 2.94. The van der Waals surface area contributed by atoms with Crippen LogP contribution in [-0.2, 0) is 6.54 Å². The zero-order chi connectivity index (χ0) is 14.4. The smallest absolute Gasteiger partial charge is 0.293 e. The molecule has 5 nitrogen and oxygen atoms in total. The van der Waals surface area contributed by atoms with E-state index >= 15 is 0 Å². The number of aryl methyl sites for hydroxylation is 1. The van der Waals surface area contributed by atoms with Gasteiger partial charge in [0, 0.05) is 38.1 Å². The second-order valence-electron chi connectivity index (χ2n) is 5.49. The van der Waals surface area contributed by atoms with E-state index in [1.165, 1.54) is 12.8 Å². The third-order valence-electron chi connectivity index (χ3n) is 3.76. The summed E-state index contributed by atoms with van der Waals surface area (Å²) in [6, 6.07) is 0.489. The molecular weight excluding hydrogens is 252 g/mol. The van der Waals surface area contributed by atoms with Crippen LogP contribution in [0.4, 0.5) is 5.82 Å². The van der Waals surface area contributed by atoms with Crippen LogP contribution >= 0.6 is 0 Å². The number of aromatic nitrogens is 2. The fourth-order valence-electron chi connectivity index (χ4n) is 2.80. The number of nitrogens with zero attached hydrogens (tertiary/aromatic N) is 3. The Labute approximate surface area is 121 Å². The molecule has 0 aliphatic carbocycles. The summed E-state index contributed by atoms with van der Waals surface area (Å²) in [5.74, 6) is 0.608. The summed E-state index contributed by atoms with van der Waals surface area (Å²) in [6.45, 7) is 7.84. The standard InChI is InChI=1S/C15H26N4O/c1-3-9-18-11-8-17-14(15(18)20)19(10-4-2)12-13-6-5-7-16-13/h8,11,13,16H,3-7,9-10,12H2,1-2H3. The lowest BCUT2D eigenvalue weighted by atomic mass is 10.2. The minimum absolute atomic E-state index is 0.0424. The zero-order valence-electron chi connectivity index (χ0n) is 12.6. The number of anilines is 1. The van der Waals surface area contributed by atoms with Crippen LogP contribution in [0.2, 0.25) is 0 Å². The van der Waals surface area contributed by atoms with Crippen LogP contribution in [0.25, 0.3) is 0 Å². The summed E-state index contributed by atoms with van der Waals surface area (Å²) >= 11 is 0. The van der Waals surface area contributed by atoms with E-state index in [0.29, 0.717) is 11.9 Å². The molecule has 0 spiro atoms. The summed E-state index contributed by atoms with van der Waals surface area (Å²) in [7, 11) is 0. The molecule has 1 aliphatic rings. The number of hydrogen-bond acceptors (Lipinski definition) is 4. The molecule has 112 valence electrons. The van der Waals surface area contributed by atoms with Gasteiger partial charge in [-0.2, -0.15) is 0 Å². The highest BCUT2D eigenvalue weighted by Gasteiger charge is 2.20. The third-order valence-corrected chi connectivity index (χ3v) is 3.76. The first-order valence-electron chi connectivity index (χ1n) is 7.80. The second-order valence-corrected chi connectivity index (χ2v) is 5.49. The minimum atomic E-state index is 0.0424. The van der Waals surface area contributed by atoms with E-state index in [4.69, 9.17) is 0 Å². The first kappa shape index (κ1) is 15.0. The molecule has 1 aliphatic heterocycles.